The van der Waals surface area contributed by atoms with Crippen molar-refractivity contribution >= 4 is 10.1 Å². The molecule has 0 heterocycles. The second-order valence-electron chi connectivity index (χ2n) is 5.80. The van der Waals surface area contributed by atoms with Gasteiger partial charge in [0.1, 0.15) is 0 Å². The first-order valence-corrected chi connectivity index (χ1v) is 9.72. The zero-order valence-electron chi connectivity index (χ0n) is 13.5. The zero-order valence-corrected chi connectivity index (χ0v) is 14.3. The highest BCUT2D eigenvalue weighted by Gasteiger charge is 2.11. The van der Waals surface area contributed by atoms with E-state index in [0.29, 0.717) is 6.42 Å². The fourth-order valence-electron chi connectivity index (χ4n) is 1.98. The maximum absolute atomic E-state index is 11.5. The van der Waals surface area contributed by atoms with E-state index in [4.69, 9.17) is 4.28 Å². The van der Waals surface area contributed by atoms with Crippen LogP contribution in [0.3, 0.4) is 0 Å². The van der Waals surface area contributed by atoms with Crippen molar-refractivity contribution < 1.29 is 12.7 Å². The van der Waals surface area contributed by atoms with E-state index in [2.05, 4.69) is 12.4 Å². The Morgan fingerprint density at radius 3 is 1.75 bits per heavy atom. The number of rotatable bonds is 14. The van der Waals surface area contributed by atoms with Crippen LogP contribution in [-0.2, 0) is 14.4 Å². The van der Waals surface area contributed by atoms with Gasteiger partial charge in [-0.25, -0.2) is 0 Å². The molecule has 0 aliphatic rings. The third-order valence-corrected chi connectivity index (χ3v) is 4.30. The minimum absolute atomic E-state index is 0.0116. The maximum Gasteiger partial charge on any atom is 0.283 e. The molecule has 4 nitrogen and oxygen atoms in total. The van der Waals surface area contributed by atoms with Crippen molar-refractivity contribution in [3.05, 3.63) is 0 Å². The van der Waals surface area contributed by atoms with Gasteiger partial charge in [-0.15, -0.1) is 0 Å². The predicted octanol–water partition coefficient (Wildman–Crippen LogP) is 4.17. The van der Waals surface area contributed by atoms with Crippen molar-refractivity contribution in [2.75, 3.05) is 5.75 Å². The van der Waals surface area contributed by atoms with Crippen molar-refractivity contribution in [2.45, 2.75) is 91.0 Å². The van der Waals surface area contributed by atoms with Crippen LogP contribution in [0.2, 0.25) is 0 Å². The molecule has 0 unspecified atom stereocenters. The monoisotopic (exact) mass is 307 g/mol. The van der Waals surface area contributed by atoms with E-state index in [-0.39, 0.29) is 11.8 Å². The minimum Gasteiger partial charge on any atom is -0.198 e. The molecule has 122 valence electrons. The van der Waals surface area contributed by atoms with Gasteiger partial charge in [0.15, 0.2) is 0 Å². The van der Waals surface area contributed by atoms with Gasteiger partial charge in [-0.05, 0) is 20.3 Å². The molecular formula is C15H33NO3S. The Balaban J connectivity index is 3.34. The van der Waals surface area contributed by atoms with E-state index < -0.39 is 10.1 Å². The molecule has 0 radical (unpaired) electrons. The quantitative estimate of drug-likeness (QED) is 0.386. The molecule has 0 aliphatic carbocycles. The van der Waals surface area contributed by atoms with Crippen LogP contribution in [0.1, 0.15) is 85.0 Å². The summed E-state index contributed by atoms with van der Waals surface area (Å²) in [5.41, 5.74) is 2.48. The lowest BCUT2D eigenvalue weighted by Crippen LogP contribution is -2.28. The molecule has 0 aliphatic heterocycles. The highest BCUT2D eigenvalue weighted by molar-refractivity contribution is 7.86. The summed E-state index contributed by atoms with van der Waals surface area (Å²) in [6.07, 6.45) is 12.0. The fourth-order valence-corrected chi connectivity index (χ4v) is 2.96. The Hall–Kier alpha value is -0.130. The van der Waals surface area contributed by atoms with Crippen LogP contribution in [0.25, 0.3) is 0 Å². The molecule has 0 saturated carbocycles. The first-order valence-electron chi connectivity index (χ1n) is 8.14. The molecule has 0 aromatic carbocycles. The lowest BCUT2D eigenvalue weighted by Gasteiger charge is -2.08. The van der Waals surface area contributed by atoms with Gasteiger partial charge < -0.3 is 0 Å². The van der Waals surface area contributed by atoms with E-state index in [9.17, 15) is 8.42 Å². The first kappa shape index (κ1) is 19.9. The smallest absolute Gasteiger partial charge is 0.198 e. The molecule has 0 rings (SSSR count). The maximum atomic E-state index is 11.5. The van der Waals surface area contributed by atoms with Crippen molar-refractivity contribution in [1.29, 1.82) is 0 Å². The number of unbranched alkanes of at least 4 members (excludes halogenated alkanes) is 9. The van der Waals surface area contributed by atoms with Gasteiger partial charge in [-0.2, -0.15) is 18.2 Å². The minimum atomic E-state index is -3.40. The third kappa shape index (κ3) is 14.3. The summed E-state index contributed by atoms with van der Waals surface area (Å²) < 4.78 is 27.7. The second-order valence-corrected chi connectivity index (χ2v) is 7.49. The summed E-state index contributed by atoms with van der Waals surface area (Å²) in [6, 6.07) is 0.0116. The van der Waals surface area contributed by atoms with Crippen LogP contribution < -0.4 is 5.48 Å². The standard InChI is InChI=1S/C15H33NO3S/c1-4-5-6-7-8-9-10-11-12-13-14-20(17,18)19-16-15(2)3/h15-16H,4-14H2,1-3H3. The molecule has 0 saturated heterocycles. The highest BCUT2D eigenvalue weighted by atomic mass is 32.2. The molecule has 0 fully saturated rings. The Kier molecular flexibility index (Phi) is 12.5. The number of hydrogen-bond acceptors (Lipinski definition) is 4. The summed E-state index contributed by atoms with van der Waals surface area (Å²) in [6.45, 7) is 5.92. The van der Waals surface area contributed by atoms with Crippen molar-refractivity contribution in [3.8, 4) is 0 Å². The number of nitrogens with one attached hydrogen (secondary N) is 1. The van der Waals surface area contributed by atoms with Crippen LogP contribution in [0, 0.1) is 0 Å². The fraction of sp³-hybridized carbons (Fsp3) is 1.00. The van der Waals surface area contributed by atoms with Crippen LogP contribution in [0.4, 0.5) is 0 Å². The average Bonchev–Trinajstić information content (AvgIpc) is 2.39. The van der Waals surface area contributed by atoms with Gasteiger partial charge in [0, 0.05) is 6.04 Å². The highest BCUT2D eigenvalue weighted by Crippen LogP contribution is 2.11. The molecule has 0 aromatic rings. The summed E-state index contributed by atoms with van der Waals surface area (Å²) in [5, 5.41) is 0. The predicted molar refractivity (Wildman–Crippen MR) is 85.0 cm³/mol. The topological polar surface area (TPSA) is 55.4 Å². The average molecular weight is 308 g/mol. The van der Waals surface area contributed by atoms with Gasteiger partial charge in [-0.1, -0.05) is 64.7 Å². The zero-order chi connectivity index (χ0) is 15.3. The molecular weight excluding hydrogens is 274 g/mol. The van der Waals surface area contributed by atoms with Crippen molar-refractivity contribution in [1.82, 2.24) is 5.48 Å². The third-order valence-electron chi connectivity index (χ3n) is 3.16. The number of hydroxylamine groups is 1. The summed E-state index contributed by atoms with van der Waals surface area (Å²) in [7, 11) is -3.40. The summed E-state index contributed by atoms with van der Waals surface area (Å²) >= 11 is 0. The molecule has 20 heavy (non-hydrogen) atoms. The largest absolute Gasteiger partial charge is 0.283 e. The molecule has 0 aromatic heterocycles. The second kappa shape index (κ2) is 12.6. The first-order chi connectivity index (χ1) is 9.48. The van der Waals surface area contributed by atoms with E-state index in [1.165, 1.54) is 44.9 Å². The molecule has 0 amide bonds. The lowest BCUT2D eigenvalue weighted by molar-refractivity contribution is 0.177. The number of hydrogen-bond donors (Lipinski definition) is 1. The SMILES string of the molecule is CCCCCCCCCCCCS(=O)(=O)ONC(C)C. The van der Waals surface area contributed by atoms with Crippen molar-refractivity contribution in [2.24, 2.45) is 0 Å². The lowest BCUT2D eigenvalue weighted by atomic mass is 10.1. The molecule has 5 heteroatoms. The van der Waals surface area contributed by atoms with Gasteiger partial charge in [0.25, 0.3) is 10.1 Å². The van der Waals surface area contributed by atoms with E-state index in [1.54, 1.807) is 0 Å². The van der Waals surface area contributed by atoms with Gasteiger partial charge in [0.05, 0.1) is 5.75 Å². The normalized spacial score (nSPS) is 12.2. The van der Waals surface area contributed by atoms with Crippen LogP contribution in [0.5, 0.6) is 0 Å². The Morgan fingerprint density at radius 2 is 1.30 bits per heavy atom. The Labute approximate surface area is 125 Å². The van der Waals surface area contributed by atoms with Gasteiger partial charge in [0.2, 0.25) is 0 Å². The van der Waals surface area contributed by atoms with Gasteiger partial charge >= 0.3 is 0 Å². The Morgan fingerprint density at radius 1 is 0.850 bits per heavy atom. The van der Waals surface area contributed by atoms with Crippen molar-refractivity contribution in [3.63, 3.8) is 0 Å². The van der Waals surface area contributed by atoms with Crippen LogP contribution in [0.15, 0.2) is 0 Å². The Bertz CT molecular complexity index is 302. The molecule has 0 spiro atoms. The molecule has 0 atom stereocenters. The summed E-state index contributed by atoms with van der Waals surface area (Å²) in [5.74, 6) is 0.114. The van der Waals surface area contributed by atoms with Crippen LogP contribution >= 0.6 is 0 Å². The van der Waals surface area contributed by atoms with E-state index in [1.807, 2.05) is 13.8 Å². The van der Waals surface area contributed by atoms with E-state index >= 15 is 0 Å². The van der Waals surface area contributed by atoms with Crippen LogP contribution in [-0.4, -0.2) is 20.2 Å². The van der Waals surface area contributed by atoms with Gasteiger partial charge in [-0.3, -0.25) is 0 Å². The summed E-state index contributed by atoms with van der Waals surface area (Å²) in [4.78, 5) is 0. The molecule has 1 N–H and O–H groups in total. The molecule has 0 bridgehead atoms. The van der Waals surface area contributed by atoms with E-state index in [0.717, 1.165) is 12.8 Å².